The van der Waals surface area contributed by atoms with Gasteiger partial charge in [0.15, 0.2) is 0 Å². The molecule has 0 N–H and O–H groups in total. The Morgan fingerprint density at radius 2 is 2.14 bits per heavy atom. The molecule has 0 bridgehead atoms. The van der Waals surface area contributed by atoms with Gasteiger partial charge in [0, 0.05) is 12.6 Å². The van der Waals surface area contributed by atoms with Crippen molar-refractivity contribution in [2.45, 2.75) is 46.2 Å². The summed E-state index contributed by atoms with van der Waals surface area (Å²) in [7, 11) is 0. The third-order valence-electron chi connectivity index (χ3n) is 2.69. The average Bonchev–Trinajstić information content (AvgIpc) is 2.81. The second-order valence-corrected chi connectivity index (χ2v) is 4.42. The van der Waals surface area contributed by atoms with Crippen molar-refractivity contribution in [2.24, 2.45) is 5.92 Å². The van der Waals surface area contributed by atoms with E-state index in [1.54, 1.807) is 9.25 Å². The molecule has 4 heteroatoms. The van der Waals surface area contributed by atoms with Gasteiger partial charge in [0.2, 0.25) is 0 Å². The van der Waals surface area contributed by atoms with E-state index in [0.717, 1.165) is 12.4 Å². The van der Waals surface area contributed by atoms with Gasteiger partial charge in [0.25, 0.3) is 0 Å². The largest absolute Gasteiger partial charge is 0.346 e. The molecule has 1 aromatic rings. The summed E-state index contributed by atoms with van der Waals surface area (Å²) in [5.74, 6) is 1.52. The van der Waals surface area contributed by atoms with Crippen molar-refractivity contribution >= 4 is 0 Å². The van der Waals surface area contributed by atoms with Crippen molar-refractivity contribution in [1.29, 1.82) is 0 Å². The van der Waals surface area contributed by atoms with Crippen LogP contribution in [0.4, 0.5) is 0 Å². The lowest BCUT2D eigenvalue weighted by Gasteiger charge is -2.04. The zero-order valence-electron chi connectivity index (χ0n) is 9.03. The first-order valence-electron chi connectivity index (χ1n) is 5.25. The minimum absolute atomic E-state index is 0.0457. The Kier molecular flexibility index (Phi) is 2.21. The molecule has 0 amide bonds. The van der Waals surface area contributed by atoms with Crippen LogP contribution in [0.3, 0.4) is 0 Å². The maximum absolute atomic E-state index is 11.9. The van der Waals surface area contributed by atoms with Crippen LogP contribution in [0.15, 0.2) is 4.79 Å². The van der Waals surface area contributed by atoms with Crippen LogP contribution in [-0.2, 0) is 6.54 Å². The Bertz CT molecular complexity index is 385. The summed E-state index contributed by atoms with van der Waals surface area (Å²) in [6, 6.07) is 0.204. The molecule has 4 nitrogen and oxygen atoms in total. The molecule has 0 saturated heterocycles. The van der Waals surface area contributed by atoms with Gasteiger partial charge in [-0.05, 0) is 39.5 Å². The van der Waals surface area contributed by atoms with Gasteiger partial charge in [-0.1, -0.05) is 0 Å². The molecule has 0 atom stereocenters. The number of aryl methyl sites for hydroxylation is 1. The topological polar surface area (TPSA) is 39.8 Å². The minimum Gasteiger partial charge on any atom is -0.277 e. The third kappa shape index (κ3) is 1.61. The second-order valence-electron chi connectivity index (χ2n) is 4.42. The summed E-state index contributed by atoms with van der Waals surface area (Å²) < 4.78 is 3.37. The predicted octanol–water partition coefficient (Wildman–Crippen LogP) is 1.34. The van der Waals surface area contributed by atoms with E-state index >= 15 is 0 Å². The lowest BCUT2D eigenvalue weighted by atomic mass is 10.4. The van der Waals surface area contributed by atoms with E-state index in [1.807, 2.05) is 20.8 Å². The molecular weight excluding hydrogens is 178 g/mol. The van der Waals surface area contributed by atoms with Gasteiger partial charge in [0.1, 0.15) is 5.82 Å². The number of hydrogen-bond donors (Lipinski definition) is 0. The quantitative estimate of drug-likeness (QED) is 0.730. The summed E-state index contributed by atoms with van der Waals surface area (Å²) in [6.07, 6.45) is 2.50. The molecule has 1 saturated carbocycles. The Balaban J connectivity index is 2.32. The van der Waals surface area contributed by atoms with Crippen molar-refractivity contribution in [3.63, 3.8) is 0 Å². The molecule has 2 rings (SSSR count). The molecule has 1 aliphatic rings. The normalized spacial score (nSPS) is 16.6. The highest BCUT2D eigenvalue weighted by Crippen LogP contribution is 2.29. The predicted molar refractivity (Wildman–Crippen MR) is 54.3 cm³/mol. The fourth-order valence-corrected chi connectivity index (χ4v) is 1.79. The average molecular weight is 195 g/mol. The fraction of sp³-hybridized carbons (Fsp3) is 0.800. The van der Waals surface area contributed by atoms with Crippen LogP contribution in [0.5, 0.6) is 0 Å². The van der Waals surface area contributed by atoms with E-state index in [4.69, 9.17) is 0 Å². The van der Waals surface area contributed by atoms with E-state index in [1.165, 1.54) is 12.8 Å². The lowest BCUT2D eigenvalue weighted by Crippen LogP contribution is -2.27. The second kappa shape index (κ2) is 3.26. The summed E-state index contributed by atoms with van der Waals surface area (Å²) in [5.41, 5.74) is 0.0457. The first-order valence-corrected chi connectivity index (χ1v) is 5.25. The molecule has 0 aliphatic heterocycles. The monoisotopic (exact) mass is 195 g/mol. The molecule has 0 spiro atoms. The zero-order valence-corrected chi connectivity index (χ0v) is 9.03. The summed E-state index contributed by atoms with van der Waals surface area (Å²) in [6.45, 7) is 6.72. The SMILES string of the molecule is Cc1nn(CC2CC2)c(=O)n1C(C)C. The first kappa shape index (κ1) is 9.49. The molecule has 14 heavy (non-hydrogen) atoms. The Morgan fingerprint density at radius 1 is 1.50 bits per heavy atom. The van der Waals surface area contributed by atoms with Crippen molar-refractivity contribution in [3.8, 4) is 0 Å². The maximum Gasteiger partial charge on any atom is 0.346 e. The lowest BCUT2D eigenvalue weighted by molar-refractivity contribution is 0.515. The maximum atomic E-state index is 11.9. The molecule has 0 unspecified atom stereocenters. The molecule has 78 valence electrons. The van der Waals surface area contributed by atoms with Crippen LogP contribution in [0.1, 0.15) is 38.6 Å². The Morgan fingerprint density at radius 3 is 2.57 bits per heavy atom. The molecule has 1 aliphatic carbocycles. The highest BCUT2D eigenvalue weighted by Gasteiger charge is 2.24. The van der Waals surface area contributed by atoms with E-state index in [-0.39, 0.29) is 11.7 Å². The van der Waals surface area contributed by atoms with Gasteiger partial charge in [0.05, 0.1) is 0 Å². The zero-order chi connectivity index (χ0) is 10.3. The molecule has 1 heterocycles. The third-order valence-corrected chi connectivity index (χ3v) is 2.69. The highest BCUT2D eigenvalue weighted by atomic mass is 16.2. The van der Waals surface area contributed by atoms with E-state index in [0.29, 0.717) is 5.92 Å². The molecule has 1 aromatic heterocycles. The van der Waals surface area contributed by atoms with E-state index in [2.05, 4.69) is 5.10 Å². The summed E-state index contributed by atoms with van der Waals surface area (Å²) in [5, 5.41) is 4.28. The van der Waals surface area contributed by atoms with Gasteiger partial charge in [-0.3, -0.25) is 4.57 Å². The van der Waals surface area contributed by atoms with Crippen LogP contribution in [0, 0.1) is 12.8 Å². The van der Waals surface area contributed by atoms with Crippen molar-refractivity contribution < 1.29 is 0 Å². The van der Waals surface area contributed by atoms with Crippen LogP contribution >= 0.6 is 0 Å². The van der Waals surface area contributed by atoms with E-state index < -0.39 is 0 Å². The van der Waals surface area contributed by atoms with Gasteiger partial charge >= 0.3 is 5.69 Å². The number of nitrogens with zero attached hydrogens (tertiary/aromatic N) is 3. The molecule has 0 radical (unpaired) electrons. The van der Waals surface area contributed by atoms with Crippen molar-refractivity contribution in [3.05, 3.63) is 16.3 Å². The standard InChI is InChI=1S/C10H17N3O/c1-7(2)13-8(3)11-12(10(13)14)6-9-4-5-9/h7,9H,4-6H2,1-3H3. The summed E-state index contributed by atoms with van der Waals surface area (Å²) in [4.78, 5) is 11.9. The number of rotatable bonds is 3. The van der Waals surface area contributed by atoms with Crippen molar-refractivity contribution in [2.75, 3.05) is 0 Å². The van der Waals surface area contributed by atoms with Gasteiger partial charge in [-0.2, -0.15) is 5.10 Å². The van der Waals surface area contributed by atoms with Gasteiger partial charge < -0.3 is 0 Å². The minimum atomic E-state index is 0.0457. The van der Waals surface area contributed by atoms with Gasteiger partial charge in [-0.15, -0.1) is 0 Å². The van der Waals surface area contributed by atoms with Crippen LogP contribution in [-0.4, -0.2) is 14.3 Å². The van der Waals surface area contributed by atoms with Crippen molar-refractivity contribution in [1.82, 2.24) is 14.3 Å². The van der Waals surface area contributed by atoms with E-state index in [9.17, 15) is 4.79 Å². The van der Waals surface area contributed by atoms with Crippen LogP contribution in [0.2, 0.25) is 0 Å². The number of aromatic nitrogens is 3. The first-order chi connectivity index (χ1) is 6.59. The Labute approximate surface area is 83.5 Å². The number of hydrogen-bond acceptors (Lipinski definition) is 2. The summed E-state index contributed by atoms with van der Waals surface area (Å²) >= 11 is 0. The molecule has 0 aromatic carbocycles. The van der Waals surface area contributed by atoms with Gasteiger partial charge in [-0.25, -0.2) is 9.48 Å². The van der Waals surface area contributed by atoms with Crippen LogP contribution < -0.4 is 5.69 Å². The molecule has 1 fully saturated rings. The van der Waals surface area contributed by atoms with Crippen LogP contribution in [0.25, 0.3) is 0 Å². The fourth-order valence-electron chi connectivity index (χ4n) is 1.79. The Hall–Kier alpha value is -1.06. The highest BCUT2D eigenvalue weighted by molar-refractivity contribution is 4.87. The smallest absolute Gasteiger partial charge is 0.277 e. The molecular formula is C10H17N3O.